The summed E-state index contributed by atoms with van der Waals surface area (Å²) >= 11 is 0. The molecule has 0 saturated heterocycles. The summed E-state index contributed by atoms with van der Waals surface area (Å²) in [4.78, 5) is 36.3. The first-order valence-corrected chi connectivity index (χ1v) is 13.2. The molecule has 11 heteroatoms. The van der Waals surface area contributed by atoms with Gasteiger partial charge in [-0.25, -0.2) is 8.42 Å². The van der Waals surface area contributed by atoms with E-state index in [2.05, 4.69) is 10.0 Å². The van der Waals surface area contributed by atoms with Crippen LogP contribution in [0.3, 0.4) is 0 Å². The van der Waals surface area contributed by atoms with Crippen LogP contribution in [-0.2, 0) is 42.2 Å². The number of hydrogen-bond acceptors (Lipinski definition) is 7. The molecule has 10 nitrogen and oxygen atoms in total. The highest BCUT2D eigenvalue weighted by atomic mass is 32.2. The number of fused-ring (bicyclic) bond motifs is 1. The Kier molecular flexibility index (Phi) is 8.08. The van der Waals surface area contributed by atoms with Crippen LogP contribution in [0.4, 0.5) is 5.69 Å². The number of hydrogen-bond donors (Lipinski definition) is 3. The molecule has 3 aromatic carbocycles. The van der Waals surface area contributed by atoms with E-state index in [9.17, 15) is 22.8 Å². The Hall–Kier alpha value is -4.22. The minimum atomic E-state index is -4.07. The van der Waals surface area contributed by atoms with Crippen LogP contribution < -0.4 is 14.8 Å². The molecular formula is C27H26N2O8S. The molecule has 1 amide bonds. The number of nitrogens with one attached hydrogen (secondary N) is 2. The number of rotatable bonds is 10. The number of benzene rings is 3. The maximum absolute atomic E-state index is 13.1. The summed E-state index contributed by atoms with van der Waals surface area (Å²) in [6, 6.07) is 18.6. The van der Waals surface area contributed by atoms with Crippen LogP contribution in [0.5, 0.6) is 5.75 Å². The van der Waals surface area contributed by atoms with Gasteiger partial charge in [0.15, 0.2) is 6.10 Å². The molecular weight excluding hydrogens is 512 g/mol. The zero-order valence-corrected chi connectivity index (χ0v) is 21.2. The lowest BCUT2D eigenvalue weighted by molar-refractivity contribution is -0.147. The second kappa shape index (κ2) is 11.4. The number of carbonyl (C=O) groups excluding carboxylic acids is 2. The lowest BCUT2D eigenvalue weighted by Gasteiger charge is -2.25. The van der Waals surface area contributed by atoms with Crippen LogP contribution in [-0.4, -0.2) is 43.5 Å². The number of aliphatic carboxylic acids is 1. The SMILES string of the molecule is Cc1ccc(S(=O)(=O)N[C@@H](Cc2ccc3c(c2)NC(=O)C(CC(=O)O)O3)C(=O)OCc2ccccc2)cc1. The third-order valence-corrected chi connectivity index (χ3v) is 7.29. The average molecular weight is 539 g/mol. The van der Waals surface area contributed by atoms with Gasteiger partial charge in [0.05, 0.1) is 17.0 Å². The van der Waals surface area contributed by atoms with E-state index in [1.807, 2.05) is 13.0 Å². The van der Waals surface area contributed by atoms with Gasteiger partial charge >= 0.3 is 11.9 Å². The molecule has 0 fully saturated rings. The Morgan fingerprint density at radius 2 is 1.76 bits per heavy atom. The third-order valence-electron chi connectivity index (χ3n) is 5.80. The van der Waals surface area contributed by atoms with E-state index < -0.39 is 46.4 Å². The summed E-state index contributed by atoms with van der Waals surface area (Å²) in [5, 5.41) is 11.6. The molecule has 1 aliphatic heterocycles. The van der Waals surface area contributed by atoms with Gasteiger partial charge < -0.3 is 19.9 Å². The van der Waals surface area contributed by atoms with Gasteiger partial charge in [0.1, 0.15) is 18.4 Å². The van der Waals surface area contributed by atoms with Gasteiger partial charge in [0.25, 0.3) is 5.91 Å². The average Bonchev–Trinajstić information content (AvgIpc) is 2.88. The van der Waals surface area contributed by atoms with Crippen molar-refractivity contribution in [2.45, 2.75) is 43.4 Å². The van der Waals surface area contributed by atoms with Crippen molar-refractivity contribution in [3.63, 3.8) is 0 Å². The topological polar surface area (TPSA) is 148 Å². The lowest BCUT2D eigenvalue weighted by Crippen LogP contribution is -2.43. The fourth-order valence-corrected chi connectivity index (χ4v) is 5.01. The van der Waals surface area contributed by atoms with Crippen molar-refractivity contribution in [3.8, 4) is 5.75 Å². The van der Waals surface area contributed by atoms with Crippen LogP contribution in [0.2, 0.25) is 0 Å². The Morgan fingerprint density at radius 1 is 1.05 bits per heavy atom. The van der Waals surface area contributed by atoms with Gasteiger partial charge in [-0.15, -0.1) is 0 Å². The molecule has 38 heavy (non-hydrogen) atoms. The highest BCUT2D eigenvalue weighted by Gasteiger charge is 2.31. The summed E-state index contributed by atoms with van der Waals surface area (Å²) in [7, 11) is -4.07. The summed E-state index contributed by atoms with van der Waals surface area (Å²) in [5.41, 5.74) is 2.42. The number of amides is 1. The fourth-order valence-electron chi connectivity index (χ4n) is 3.83. The molecule has 0 spiro atoms. The zero-order chi connectivity index (χ0) is 27.3. The van der Waals surface area contributed by atoms with E-state index in [0.29, 0.717) is 5.56 Å². The molecule has 1 unspecified atom stereocenters. The van der Waals surface area contributed by atoms with Crippen molar-refractivity contribution in [1.29, 1.82) is 0 Å². The van der Waals surface area contributed by atoms with Crippen molar-refractivity contribution in [2.75, 3.05) is 5.32 Å². The van der Waals surface area contributed by atoms with Crippen molar-refractivity contribution >= 4 is 33.6 Å². The van der Waals surface area contributed by atoms with E-state index in [0.717, 1.165) is 11.1 Å². The maximum Gasteiger partial charge on any atom is 0.324 e. The highest BCUT2D eigenvalue weighted by molar-refractivity contribution is 7.89. The summed E-state index contributed by atoms with van der Waals surface area (Å²) in [6.07, 6.45) is -1.75. The van der Waals surface area contributed by atoms with Crippen molar-refractivity contribution in [2.24, 2.45) is 0 Å². The van der Waals surface area contributed by atoms with E-state index in [1.165, 1.54) is 18.2 Å². The van der Waals surface area contributed by atoms with E-state index in [-0.39, 0.29) is 29.4 Å². The number of esters is 1. The molecule has 1 aliphatic rings. The van der Waals surface area contributed by atoms with Crippen LogP contribution in [0.1, 0.15) is 23.1 Å². The fraction of sp³-hybridized carbons (Fsp3) is 0.222. The first-order chi connectivity index (χ1) is 18.1. The number of carbonyl (C=O) groups is 3. The van der Waals surface area contributed by atoms with Gasteiger partial charge in [-0.3, -0.25) is 14.4 Å². The molecule has 3 N–H and O–H groups in total. The molecule has 2 atom stereocenters. The Balaban J connectivity index is 1.55. The normalized spacial score (nSPS) is 15.5. The van der Waals surface area contributed by atoms with Gasteiger partial charge in [-0.1, -0.05) is 54.1 Å². The number of aryl methyl sites for hydroxylation is 1. The third kappa shape index (κ3) is 6.75. The second-order valence-corrected chi connectivity index (χ2v) is 10.5. The maximum atomic E-state index is 13.1. The molecule has 0 aliphatic carbocycles. The Bertz CT molecular complexity index is 1440. The predicted octanol–water partition coefficient (Wildman–Crippen LogP) is 2.80. The molecule has 4 rings (SSSR count). The van der Waals surface area contributed by atoms with Crippen molar-refractivity contribution in [1.82, 2.24) is 4.72 Å². The van der Waals surface area contributed by atoms with E-state index in [4.69, 9.17) is 14.6 Å². The van der Waals surface area contributed by atoms with Crippen LogP contribution >= 0.6 is 0 Å². The number of sulfonamides is 1. The van der Waals surface area contributed by atoms with Crippen LogP contribution in [0.15, 0.2) is 77.7 Å². The van der Waals surface area contributed by atoms with Gasteiger partial charge in [0, 0.05) is 0 Å². The number of carboxylic acids is 1. The molecule has 198 valence electrons. The molecule has 3 aromatic rings. The minimum absolute atomic E-state index is 0.000430. The van der Waals surface area contributed by atoms with Crippen molar-refractivity contribution < 1.29 is 37.4 Å². The zero-order valence-electron chi connectivity index (χ0n) is 20.4. The standard InChI is InChI=1S/C27H26N2O8S/c1-17-7-10-20(11-8-17)38(34,35)29-22(27(33)36-16-18-5-3-2-4-6-18)14-19-9-12-23-21(13-19)28-26(32)24(37-23)15-25(30)31/h2-13,22,24,29H,14-16H2,1H3,(H,28,32)(H,30,31)/t22-,24?/m0/s1. The van der Waals surface area contributed by atoms with Gasteiger partial charge in [-0.2, -0.15) is 4.72 Å². The molecule has 0 saturated carbocycles. The van der Waals surface area contributed by atoms with E-state index in [1.54, 1.807) is 48.5 Å². The first kappa shape index (κ1) is 26.8. The molecule has 0 aromatic heterocycles. The first-order valence-electron chi connectivity index (χ1n) is 11.7. The van der Waals surface area contributed by atoms with Gasteiger partial charge in [0.2, 0.25) is 10.0 Å². The Morgan fingerprint density at radius 3 is 2.45 bits per heavy atom. The Labute approximate surface area is 219 Å². The summed E-state index contributed by atoms with van der Waals surface area (Å²) in [6.45, 7) is 1.79. The summed E-state index contributed by atoms with van der Waals surface area (Å²) < 4.78 is 39.5. The lowest BCUT2D eigenvalue weighted by atomic mass is 10.0. The van der Waals surface area contributed by atoms with E-state index >= 15 is 0 Å². The molecule has 0 bridgehead atoms. The highest BCUT2D eigenvalue weighted by Crippen LogP contribution is 2.32. The number of carboxylic acid groups (broad SMARTS) is 1. The van der Waals surface area contributed by atoms with Crippen LogP contribution in [0.25, 0.3) is 0 Å². The number of anilines is 1. The summed E-state index contributed by atoms with van der Waals surface area (Å²) in [5.74, 6) is -2.30. The molecule has 0 radical (unpaired) electrons. The second-order valence-electron chi connectivity index (χ2n) is 8.81. The molecule has 1 heterocycles. The smallest absolute Gasteiger partial charge is 0.324 e. The monoisotopic (exact) mass is 538 g/mol. The number of ether oxygens (including phenoxy) is 2. The predicted molar refractivity (Wildman–Crippen MR) is 137 cm³/mol. The van der Waals surface area contributed by atoms with Crippen LogP contribution in [0, 0.1) is 6.92 Å². The van der Waals surface area contributed by atoms with Crippen molar-refractivity contribution in [3.05, 3.63) is 89.5 Å². The largest absolute Gasteiger partial charge is 0.481 e. The van der Waals surface area contributed by atoms with Gasteiger partial charge in [-0.05, 0) is 48.7 Å². The minimum Gasteiger partial charge on any atom is -0.481 e. The quantitative estimate of drug-likeness (QED) is 0.334.